The van der Waals surface area contributed by atoms with Gasteiger partial charge in [-0.3, -0.25) is 10.3 Å². The number of halogens is 7. The number of hydrogen-bond acceptors (Lipinski definition) is 4. The van der Waals surface area contributed by atoms with Gasteiger partial charge in [0, 0.05) is 25.0 Å². The van der Waals surface area contributed by atoms with E-state index in [1.165, 1.54) is 20.3 Å². The van der Waals surface area contributed by atoms with Gasteiger partial charge < -0.3 is 9.47 Å². The van der Waals surface area contributed by atoms with Crippen molar-refractivity contribution >= 4 is 17.3 Å². The van der Waals surface area contributed by atoms with Crippen molar-refractivity contribution in [2.75, 3.05) is 19.7 Å². The number of ether oxygens (including phenoxy) is 2. The summed E-state index contributed by atoms with van der Waals surface area (Å²) in [7, 11) is 2.66. The van der Waals surface area contributed by atoms with Gasteiger partial charge in [-0.05, 0) is 30.7 Å². The predicted molar refractivity (Wildman–Crippen MR) is 109 cm³/mol. The molecule has 0 radical (unpaired) electrons. The van der Waals surface area contributed by atoms with Crippen LogP contribution in [0.4, 0.5) is 32.0 Å². The van der Waals surface area contributed by atoms with Crippen LogP contribution in [0, 0.1) is 0 Å². The van der Waals surface area contributed by atoms with Gasteiger partial charge in [0.05, 0.1) is 19.2 Å². The molecule has 2 atom stereocenters. The Labute approximate surface area is 186 Å². The molecule has 0 aliphatic rings. The summed E-state index contributed by atoms with van der Waals surface area (Å²) in [4.78, 5) is 4.86. The summed E-state index contributed by atoms with van der Waals surface area (Å²) < 4.78 is 94.1. The molecule has 0 aromatic heterocycles. The summed E-state index contributed by atoms with van der Waals surface area (Å²) >= 11 is 6.30. The van der Waals surface area contributed by atoms with Crippen LogP contribution in [0.15, 0.2) is 30.3 Å². The molecule has 0 fully saturated rings. The molecule has 0 heterocycles. The molecule has 11 heteroatoms. The summed E-state index contributed by atoms with van der Waals surface area (Å²) in [5.41, 5.74) is -1.45. The van der Waals surface area contributed by atoms with E-state index in [0.717, 1.165) is 19.1 Å². The van der Waals surface area contributed by atoms with E-state index in [0.29, 0.717) is 12.6 Å². The van der Waals surface area contributed by atoms with Crippen LogP contribution in [0.1, 0.15) is 26.3 Å². The lowest BCUT2D eigenvalue weighted by molar-refractivity contribution is -0.248. The van der Waals surface area contributed by atoms with E-state index in [9.17, 15) is 26.3 Å². The molecule has 0 saturated carbocycles. The quantitative estimate of drug-likeness (QED) is 0.318. The van der Waals surface area contributed by atoms with Crippen LogP contribution in [-0.4, -0.2) is 32.7 Å². The number of benzene rings is 2. The van der Waals surface area contributed by atoms with E-state index in [1.54, 1.807) is 12.1 Å². The molecule has 2 unspecified atom stereocenters. The second kappa shape index (κ2) is 9.27. The zero-order valence-corrected chi connectivity index (χ0v) is 18.6. The van der Waals surface area contributed by atoms with Gasteiger partial charge in [0.15, 0.2) is 11.2 Å². The van der Waals surface area contributed by atoms with Crippen LogP contribution >= 0.6 is 11.6 Å². The molecule has 1 N–H and O–H groups in total. The largest absolute Gasteiger partial charge is 0.494 e. The minimum atomic E-state index is -5.35. The summed E-state index contributed by atoms with van der Waals surface area (Å²) in [5.74, 6) is -4.54. The van der Waals surface area contributed by atoms with E-state index in [2.05, 4.69) is 5.48 Å². The molecule has 178 valence electrons. The minimum Gasteiger partial charge on any atom is -0.494 e. The highest BCUT2D eigenvalue weighted by Crippen LogP contribution is 2.54. The Kier molecular flexibility index (Phi) is 7.51. The fourth-order valence-corrected chi connectivity index (χ4v) is 3.52. The van der Waals surface area contributed by atoms with Gasteiger partial charge in [-0.1, -0.05) is 23.7 Å². The molecule has 32 heavy (non-hydrogen) atoms. The number of methoxy groups -OCH3 is 1. The summed E-state index contributed by atoms with van der Waals surface area (Å²) in [6.07, 6.45) is -7.33. The van der Waals surface area contributed by atoms with E-state index < -0.39 is 35.2 Å². The maximum atomic E-state index is 14.2. The SMILES string of the molecule is CONc1cccc(-c2c(Cl)cc(C(C)(C(C)(F)F)C(F)(F)F)cc2OC(C)F)c1OC. The lowest BCUT2D eigenvalue weighted by Crippen LogP contribution is -2.52. The Balaban J connectivity index is 2.89. The van der Waals surface area contributed by atoms with Crippen molar-refractivity contribution in [3.63, 3.8) is 0 Å². The number of hydrogen-bond donors (Lipinski definition) is 1. The maximum Gasteiger partial charge on any atom is 0.403 e. The van der Waals surface area contributed by atoms with Crippen molar-refractivity contribution in [3.05, 3.63) is 40.9 Å². The van der Waals surface area contributed by atoms with Gasteiger partial charge in [-0.2, -0.15) is 13.2 Å². The van der Waals surface area contributed by atoms with Crippen LogP contribution in [0.5, 0.6) is 11.5 Å². The van der Waals surface area contributed by atoms with Crippen LogP contribution in [0.2, 0.25) is 5.02 Å². The van der Waals surface area contributed by atoms with Crippen molar-refractivity contribution in [1.29, 1.82) is 0 Å². The minimum absolute atomic E-state index is 0.0412. The first-order valence-corrected chi connectivity index (χ1v) is 9.62. The lowest BCUT2D eigenvalue weighted by Gasteiger charge is -2.38. The van der Waals surface area contributed by atoms with Gasteiger partial charge >= 0.3 is 6.18 Å². The molecular formula is C21H22ClF6NO3. The molecule has 2 aromatic rings. The molecular weight excluding hydrogens is 464 g/mol. The molecule has 2 rings (SSSR count). The van der Waals surface area contributed by atoms with Crippen molar-refractivity contribution in [3.8, 4) is 22.6 Å². The van der Waals surface area contributed by atoms with Crippen molar-refractivity contribution in [2.45, 2.75) is 44.6 Å². The molecule has 0 saturated heterocycles. The first kappa shape index (κ1) is 25.9. The number of rotatable bonds is 8. The zero-order valence-electron chi connectivity index (χ0n) is 17.8. The fraction of sp³-hybridized carbons (Fsp3) is 0.429. The van der Waals surface area contributed by atoms with Gasteiger partial charge in [0.1, 0.15) is 11.4 Å². The normalized spacial score (nSPS) is 15.1. The molecule has 0 bridgehead atoms. The Morgan fingerprint density at radius 3 is 2.12 bits per heavy atom. The van der Waals surface area contributed by atoms with Gasteiger partial charge in [0.25, 0.3) is 5.92 Å². The van der Waals surface area contributed by atoms with Crippen LogP contribution in [0.25, 0.3) is 11.1 Å². The summed E-state index contributed by atoms with van der Waals surface area (Å²) in [6.45, 7) is 1.50. The average Bonchev–Trinajstić information content (AvgIpc) is 2.65. The van der Waals surface area contributed by atoms with Crippen molar-refractivity contribution < 1.29 is 40.7 Å². The number of nitrogens with one attached hydrogen (secondary N) is 1. The number of anilines is 1. The number of para-hydroxylation sites is 1. The Bertz CT molecular complexity index is 946. The Morgan fingerprint density at radius 2 is 1.66 bits per heavy atom. The van der Waals surface area contributed by atoms with Crippen molar-refractivity contribution in [2.24, 2.45) is 0 Å². The molecule has 0 aliphatic heterocycles. The summed E-state index contributed by atoms with van der Waals surface area (Å²) in [6, 6.07) is 6.11. The summed E-state index contributed by atoms with van der Waals surface area (Å²) in [5, 5.41) is -0.370. The highest BCUT2D eigenvalue weighted by Gasteiger charge is 2.65. The smallest absolute Gasteiger partial charge is 0.403 e. The Morgan fingerprint density at radius 1 is 1.03 bits per heavy atom. The van der Waals surface area contributed by atoms with E-state index >= 15 is 0 Å². The maximum absolute atomic E-state index is 14.2. The average molecular weight is 486 g/mol. The monoisotopic (exact) mass is 485 g/mol. The number of alkyl halides is 6. The highest BCUT2D eigenvalue weighted by atomic mass is 35.5. The van der Waals surface area contributed by atoms with Crippen LogP contribution < -0.4 is 15.0 Å². The molecule has 0 aliphatic carbocycles. The predicted octanol–water partition coefficient (Wildman–Crippen LogP) is 7.16. The molecule has 0 spiro atoms. The molecule has 0 amide bonds. The topological polar surface area (TPSA) is 39.7 Å². The molecule has 4 nitrogen and oxygen atoms in total. The van der Waals surface area contributed by atoms with E-state index in [-0.39, 0.29) is 28.8 Å². The first-order chi connectivity index (χ1) is 14.7. The standard InChI is InChI=1S/C21H22ClF6NO3/c1-11(23)32-16-10-12(19(2,20(3,24)25)21(26,27)28)9-14(22)17(16)13-7-6-8-15(29-31-5)18(13)30-4/h6-11,29H,1-5H3. The van der Waals surface area contributed by atoms with E-state index in [4.69, 9.17) is 25.9 Å². The van der Waals surface area contributed by atoms with Gasteiger partial charge in [0.2, 0.25) is 6.36 Å². The highest BCUT2D eigenvalue weighted by molar-refractivity contribution is 6.34. The zero-order chi connectivity index (χ0) is 24.5. The first-order valence-electron chi connectivity index (χ1n) is 9.24. The van der Waals surface area contributed by atoms with Gasteiger partial charge in [-0.15, -0.1) is 0 Å². The van der Waals surface area contributed by atoms with Gasteiger partial charge in [-0.25, -0.2) is 13.2 Å². The lowest BCUT2D eigenvalue weighted by atomic mass is 9.76. The molecule has 2 aromatic carbocycles. The second-order valence-corrected chi connectivity index (χ2v) is 7.60. The third kappa shape index (κ3) is 4.71. The van der Waals surface area contributed by atoms with Crippen LogP contribution in [0.3, 0.4) is 0 Å². The van der Waals surface area contributed by atoms with E-state index in [1.807, 2.05) is 0 Å². The van der Waals surface area contributed by atoms with Crippen molar-refractivity contribution in [1.82, 2.24) is 0 Å². The van der Waals surface area contributed by atoms with Crippen LogP contribution in [-0.2, 0) is 10.3 Å². The Hall–Kier alpha value is -2.33. The third-order valence-corrected chi connectivity index (χ3v) is 5.36. The third-order valence-electron chi connectivity index (χ3n) is 5.07. The second-order valence-electron chi connectivity index (χ2n) is 7.20. The fourth-order valence-electron chi connectivity index (χ4n) is 3.21.